The van der Waals surface area contributed by atoms with Crippen LogP contribution in [0.15, 0.2) is 18.2 Å². The maximum Gasteiger partial charge on any atom is 0.335 e. The second kappa shape index (κ2) is 6.64. The number of anilines is 2. The van der Waals surface area contributed by atoms with Crippen LogP contribution < -0.4 is 11.1 Å². The van der Waals surface area contributed by atoms with Crippen LogP contribution in [0.4, 0.5) is 11.4 Å². The molecule has 1 aliphatic rings. The van der Waals surface area contributed by atoms with Crippen molar-refractivity contribution in [2.45, 2.75) is 51.5 Å². The largest absolute Gasteiger partial charge is 0.478 e. The highest BCUT2D eigenvalue weighted by atomic mass is 16.4. The molecule has 1 atom stereocenters. The Labute approximate surface area is 120 Å². The van der Waals surface area contributed by atoms with Gasteiger partial charge in [0, 0.05) is 6.04 Å². The Bertz CT molecular complexity index is 468. The number of nitrogens with two attached hydrogens (primary N) is 1. The third-order valence-corrected chi connectivity index (χ3v) is 4.30. The number of hydrogen-bond acceptors (Lipinski definition) is 3. The van der Waals surface area contributed by atoms with Gasteiger partial charge in [-0.15, -0.1) is 0 Å². The fraction of sp³-hybridized carbons (Fsp3) is 0.562. The Balaban J connectivity index is 2.13. The standard InChI is InChI=1S/C16H24N2O2/c1-2-14(11-6-4-3-5-7-11)18-15-10-12(16(19)20)8-9-13(15)17/h8-11,14,18H,2-7,17H2,1H3,(H,19,20). The summed E-state index contributed by atoms with van der Waals surface area (Å²) in [6.45, 7) is 2.17. The number of carboxylic acid groups (broad SMARTS) is 1. The molecule has 0 spiro atoms. The van der Waals surface area contributed by atoms with E-state index in [0.29, 0.717) is 17.6 Å². The van der Waals surface area contributed by atoms with Crippen LogP contribution in [-0.4, -0.2) is 17.1 Å². The maximum absolute atomic E-state index is 11.1. The van der Waals surface area contributed by atoms with E-state index >= 15 is 0 Å². The van der Waals surface area contributed by atoms with Crippen LogP contribution in [0.2, 0.25) is 0 Å². The first-order chi connectivity index (χ1) is 9.61. The van der Waals surface area contributed by atoms with Gasteiger partial charge >= 0.3 is 5.97 Å². The highest BCUT2D eigenvalue weighted by Crippen LogP contribution is 2.31. The molecule has 0 amide bonds. The molecule has 20 heavy (non-hydrogen) atoms. The van der Waals surface area contributed by atoms with Gasteiger partial charge in [0.15, 0.2) is 0 Å². The molecule has 0 aromatic heterocycles. The fourth-order valence-corrected chi connectivity index (χ4v) is 3.10. The summed E-state index contributed by atoms with van der Waals surface area (Å²) in [6, 6.07) is 5.23. The Morgan fingerprint density at radius 3 is 2.70 bits per heavy atom. The summed E-state index contributed by atoms with van der Waals surface area (Å²) in [5.41, 5.74) is 7.61. The average Bonchev–Trinajstić information content (AvgIpc) is 2.47. The van der Waals surface area contributed by atoms with Crippen molar-refractivity contribution in [3.8, 4) is 0 Å². The van der Waals surface area contributed by atoms with Gasteiger partial charge in [-0.1, -0.05) is 26.2 Å². The zero-order chi connectivity index (χ0) is 14.5. The van der Waals surface area contributed by atoms with E-state index in [-0.39, 0.29) is 5.56 Å². The highest BCUT2D eigenvalue weighted by Gasteiger charge is 2.22. The summed E-state index contributed by atoms with van der Waals surface area (Å²) in [4.78, 5) is 11.1. The molecule has 1 fully saturated rings. The van der Waals surface area contributed by atoms with Crippen molar-refractivity contribution in [2.24, 2.45) is 5.92 Å². The van der Waals surface area contributed by atoms with Crippen LogP contribution in [0.25, 0.3) is 0 Å². The van der Waals surface area contributed by atoms with Crippen molar-refractivity contribution >= 4 is 17.3 Å². The molecule has 1 saturated carbocycles. The number of nitrogen functional groups attached to an aromatic ring is 1. The first-order valence-electron chi connectivity index (χ1n) is 7.51. The smallest absolute Gasteiger partial charge is 0.335 e. The number of nitrogens with one attached hydrogen (secondary N) is 1. The zero-order valence-corrected chi connectivity index (χ0v) is 12.1. The van der Waals surface area contributed by atoms with E-state index in [1.807, 2.05) is 0 Å². The predicted octanol–water partition coefficient (Wildman–Crippen LogP) is 3.74. The Morgan fingerprint density at radius 1 is 1.40 bits per heavy atom. The van der Waals surface area contributed by atoms with Crippen LogP contribution in [0.1, 0.15) is 55.8 Å². The van der Waals surface area contributed by atoms with Gasteiger partial charge in [0.1, 0.15) is 0 Å². The molecule has 4 nitrogen and oxygen atoms in total. The van der Waals surface area contributed by atoms with Gasteiger partial charge in [-0.2, -0.15) is 0 Å². The van der Waals surface area contributed by atoms with Crippen molar-refractivity contribution in [3.05, 3.63) is 23.8 Å². The molecule has 110 valence electrons. The molecule has 2 rings (SSSR count). The van der Waals surface area contributed by atoms with E-state index < -0.39 is 5.97 Å². The molecule has 1 aromatic carbocycles. The van der Waals surface area contributed by atoms with Crippen LogP contribution in [-0.2, 0) is 0 Å². The first-order valence-corrected chi connectivity index (χ1v) is 7.51. The summed E-state index contributed by atoms with van der Waals surface area (Å²) < 4.78 is 0. The van der Waals surface area contributed by atoms with Crippen LogP contribution >= 0.6 is 0 Å². The predicted molar refractivity (Wildman–Crippen MR) is 82.1 cm³/mol. The van der Waals surface area contributed by atoms with Crippen LogP contribution in [0, 0.1) is 5.92 Å². The molecule has 1 unspecified atom stereocenters. The van der Waals surface area contributed by atoms with E-state index in [4.69, 9.17) is 10.8 Å². The monoisotopic (exact) mass is 276 g/mol. The molecule has 4 N–H and O–H groups in total. The van der Waals surface area contributed by atoms with E-state index in [9.17, 15) is 4.79 Å². The van der Waals surface area contributed by atoms with E-state index in [2.05, 4.69) is 12.2 Å². The number of benzene rings is 1. The summed E-state index contributed by atoms with van der Waals surface area (Å²) in [5, 5.41) is 12.5. The third-order valence-electron chi connectivity index (χ3n) is 4.30. The Kier molecular flexibility index (Phi) is 4.88. The lowest BCUT2D eigenvalue weighted by molar-refractivity contribution is 0.0697. The Hall–Kier alpha value is -1.71. The molecule has 0 bridgehead atoms. The summed E-state index contributed by atoms with van der Waals surface area (Å²) in [6.07, 6.45) is 7.47. The first kappa shape index (κ1) is 14.7. The maximum atomic E-state index is 11.1. The summed E-state index contributed by atoms with van der Waals surface area (Å²) >= 11 is 0. The second-order valence-corrected chi connectivity index (χ2v) is 5.66. The quantitative estimate of drug-likeness (QED) is 0.716. The SMILES string of the molecule is CCC(Nc1cc(C(=O)O)ccc1N)C1CCCCC1. The van der Waals surface area contributed by atoms with Gasteiger partial charge in [0.25, 0.3) is 0 Å². The minimum absolute atomic E-state index is 0.278. The molecule has 0 radical (unpaired) electrons. The van der Waals surface area contributed by atoms with Crippen molar-refractivity contribution in [1.29, 1.82) is 0 Å². The number of carboxylic acids is 1. The van der Waals surface area contributed by atoms with Gasteiger partial charge in [0.05, 0.1) is 16.9 Å². The van der Waals surface area contributed by atoms with Crippen LogP contribution in [0.5, 0.6) is 0 Å². The molecule has 1 aromatic rings. The van der Waals surface area contributed by atoms with E-state index in [1.165, 1.54) is 32.1 Å². The third kappa shape index (κ3) is 3.44. The van der Waals surface area contributed by atoms with Crippen molar-refractivity contribution in [3.63, 3.8) is 0 Å². The molecule has 4 heteroatoms. The Morgan fingerprint density at radius 2 is 2.10 bits per heavy atom. The lowest BCUT2D eigenvalue weighted by Crippen LogP contribution is -2.30. The summed E-state index contributed by atoms with van der Waals surface area (Å²) in [5.74, 6) is -0.250. The number of rotatable bonds is 5. The molecule has 0 aliphatic heterocycles. The van der Waals surface area contributed by atoms with E-state index in [1.54, 1.807) is 18.2 Å². The van der Waals surface area contributed by atoms with Crippen molar-refractivity contribution in [1.82, 2.24) is 0 Å². The lowest BCUT2D eigenvalue weighted by Gasteiger charge is -2.31. The second-order valence-electron chi connectivity index (χ2n) is 5.66. The molecular weight excluding hydrogens is 252 g/mol. The van der Waals surface area contributed by atoms with Gasteiger partial charge in [-0.25, -0.2) is 4.79 Å². The average molecular weight is 276 g/mol. The van der Waals surface area contributed by atoms with Gasteiger partial charge in [-0.3, -0.25) is 0 Å². The van der Waals surface area contributed by atoms with E-state index in [0.717, 1.165) is 12.1 Å². The molecule has 0 saturated heterocycles. The topological polar surface area (TPSA) is 75.3 Å². The normalized spacial score (nSPS) is 17.6. The number of aromatic carboxylic acids is 1. The number of hydrogen-bond donors (Lipinski definition) is 3. The molecule has 1 aliphatic carbocycles. The number of carbonyl (C=O) groups is 1. The molecule has 0 heterocycles. The zero-order valence-electron chi connectivity index (χ0n) is 12.1. The highest BCUT2D eigenvalue weighted by molar-refractivity contribution is 5.90. The fourth-order valence-electron chi connectivity index (χ4n) is 3.10. The minimum atomic E-state index is -0.918. The van der Waals surface area contributed by atoms with Gasteiger partial charge in [0.2, 0.25) is 0 Å². The summed E-state index contributed by atoms with van der Waals surface area (Å²) in [7, 11) is 0. The van der Waals surface area contributed by atoms with Crippen LogP contribution in [0.3, 0.4) is 0 Å². The van der Waals surface area contributed by atoms with Crippen molar-refractivity contribution < 1.29 is 9.90 Å². The minimum Gasteiger partial charge on any atom is -0.478 e. The van der Waals surface area contributed by atoms with Gasteiger partial charge < -0.3 is 16.2 Å². The molecular formula is C16H24N2O2. The van der Waals surface area contributed by atoms with Gasteiger partial charge in [-0.05, 0) is 43.4 Å². The van der Waals surface area contributed by atoms with Crippen molar-refractivity contribution in [2.75, 3.05) is 11.1 Å². The lowest BCUT2D eigenvalue weighted by atomic mass is 9.83.